The highest BCUT2D eigenvalue weighted by molar-refractivity contribution is 6.15. The van der Waals surface area contributed by atoms with Crippen molar-refractivity contribution < 1.29 is 9.59 Å². The van der Waals surface area contributed by atoms with Crippen molar-refractivity contribution in [1.82, 2.24) is 10.2 Å². The standard InChI is InChI=1S/C26H24N6O2/c1-17-12-14-20(15-13-17)28-25-30-23(18-8-4-2-5-9-18)32-24(34)21(29-26(32)31-25)16-22(33)27-19-10-6-3-7-11-19/h2-15,21,23H,16H2,1H3,(H,27,33)(H2,28,29,30,31)/t21-,23+/m1/s1. The van der Waals surface area contributed by atoms with E-state index >= 15 is 0 Å². The van der Waals surface area contributed by atoms with Gasteiger partial charge in [-0.3, -0.25) is 19.8 Å². The summed E-state index contributed by atoms with van der Waals surface area (Å²) in [7, 11) is 0. The number of nitrogens with zero attached hydrogens (tertiary/aromatic N) is 3. The molecule has 8 nitrogen and oxygen atoms in total. The van der Waals surface area contributed by atoms with Crippen molar-refractivity contribution in [3.05, 3.63) is 96.1 Å². The fourth-order valence-electron chi connectivity index (χ4n) is 3.90. The molecule has 0 bridgehead atoms. The third-order valence-corrected chi connectivity index (χ3v) is 5.60. The van der Waals surface area contributed by atoms with Crippen LogP contribution in [0.1, 0.15) is 23.7 Å². The number of aliphatic imine (C=N–C) groups is 2. The number of fused-ring (bicyclic) bond motifs is 1. The van der Waals surface area contributed by atoms with Gasteiger partial charge >= 0.3 is 0 Å². The number of para-hydroxylation sites is 1. The molecule has 0 fully saturated rings. The lowest BCUT2D eigenvalue weighted by Gasteiger charge is -2.32. The minimum atomic E-state index is -0.827. The van der Waals surface area contributed by atoms with E-state index in [0.29, 0.717) is 17.6 Å². The summed E-state index contributed by atoms with van der Waals surface area (Å²) < 4.78 is 0. The van der Waals surface area contributed by atoms with Crippen LogP contribution < -0.4 is 16.0 Å². The molecule has 0 aromatic heterocycles. The quantitative estimate of drug-likeness (QED) is 0.550. The zero-order valence-electron chi connectivity index (χ0n) is 18.6. The van der Waals surface area contributed by atoms with E-state index < -0.39 is 12.2 Å². The first-order valence-corrected chi connectivity index (χ1v) is 11.1. The normalized spacial score (nSPS) is 19.0. The zero-order valence-corrected chi connectivity index (χ0v) is 18.6. The molecule has 0 radical (unpaired) electrons. The number of hydrogen-bond acceptors (Lipinski definition) is 6. The van der Waals surface area contributed by atoms with E-state index in [2.05, 4.69) is 20.9 Å². The fraction of sp³-hybridized carbons (Fsp3) is 0.154. The Morgan fingerprint density at radius 1 is 0.912 bits per heavy atom. The van der Waals surface area contributed by atoms with Crippen molar-refractivity contribution in [1.29, 1.82) is 0 Å². The van der Waals surface area contributed by atoms with Crippen LogP contribution in [0.3, 0.4) is 0 Å². The Balaban J connectivity index is 1.39. The number of nitrogens with one attached hydrogen (secondary N) is 3. The number of anilines is 2. The van der Waals surface area contributed by atoms with Crippen molar-refractivity contribution in [2.24, 2.45) is 9.98 Å². The van der Waals surface area contributed by atoms with E-state index in [0.717, 1.165) is 16.8 Å². The molecular weight excluding hydrogens is 428 g/mol. The minimum Gasteiger partial charge on any atom is -0.326 e. The lowest BCUT2D eigenvalue weighted by molar-refractivity contribution is -0.131. The maximum absolute atomic E-state index is 13.3. The summed E-state index contributed by atoms with van der Waals surface area (Å²) in [4.78, 5) is 36.7. The Bertz CT molecular complexity index is 1260. The van der Waals surface area contributed by atoms with Crippen molar-refractivity contribution >= 4 is 35.1 Å². The third kappa shape index (κ3) is 4.52. The fourth-order valence-corrected chi connectivity index (χ4v) is 3.90. The molecule has 0 spiro atoms. The SMILES string of the molecule is Cc1ccc(NC2=N[C@H](c3ccccc3)N3C(=O)[C@@H](CC(=O)Nc4ccccc4)N=C3N2)cc1. The molecule has 2 amide bonds. The third-order valence-electron chi connectivity index (χ3n) is 5.60. The number of rotatable bonds is 5. The topological polar surface area (TPSA) is 98.2 Å². The van der Waals surface area contributed by atoms with E-state index in [1.807, 2.05) is 79.7 Å². The Kier molecular flexibility index (Phi) is 5.78. The molecular formula is C26H24N6O2. The van der Waals surface area contributed by atoms with Gasteiger partial charge in [-0.1, -0.05) is 66.2 Å². The largest absolute Gasteiger partial charge is 0.326 e. The second-order valence-corrected chi connectivity index (χ2v) is 8.17. The Morgan fingerprint density at radius 3 is 2.29 bits per heavy atom. The van der Waals surface area contributed by atoms with Crippen molar-refractivity contribution in [3.63, 3.8) is 0 Å². The van der Waals surface area contributed by atoms with Crippen LogP contribution >= 0.6 is 0 Å². The molecule has 2 heterocycles. The molecule has 0 saturated heterocycles. The Labute approximate surface area is 197 Å². The summed E-state index contributed by atoms with van der Waals surface area (Å²) in [6, 6.07) is 25.8. The van der Waals surface area contributed by atoms with Crippen LogP contribution in [-0.2, 0) is 9.59 Å². The lowest BCUT2D eigenvalue weighted by atomic mass is 10.1. The van der Waals surface area contributed by atoms with Gasteiger partial charge in [0.1, 0.15) is 6.04 Å². The maximum Gasteiger partial charge on any atom is 0.256 e. The number of hydrogen-bond donors (Lipinski definition) is 3. The highest BCUT2D eigenvalue weighted by Crippen LogP contribution is 2.30. The Morgan fingerprint density at radius 2 is 1.59 bits per heavy atom. The molecule has 170 valence electrons. The average molecular weight is 453 g/mol. The number of amides is 2. The highest BCUT2D eigenvalue weighted by atomic mass is 16.2. The van der Waals surface area contributed by atoms with E-state index in [1.165, 1.54) is 4.90 Å². The average Bonchev–Trinajstić information content (AvgIpc) is 3.16. The van der Waals surface area contributed by atoms with Crippen LogP contribution in [0.4, 0.5) is 11.4 Å². The molecule has 3 N–H and O–H groups in total. The van der Waals surface area contributed by atoms with Crippen molar-refractivity contribution in [2.75, 3.05) is 10.6 Å². The van der Waals surface area contributed by atoms with E-state index in [1.54, 1.807) is 12.1 Å². The lowest BCUT2D eigenvalue weighted by Crippen LogP contribution is -2.52. The summed E-state index contributed by atoms with van der Waals surface area (Å²) in [6.07, 6.45) is -0.652. The summed E-state index contributed by atoms with van der Waals surface area (Å²) in [6.45, 7) is 2.02. The Hall–Kier alpha value is -4.46. The van der Waals surface area contributed by atoms with Gasteiger partial charge in [0.25, 0.3) is 5.91 Å². The van der Waals surface area contributed by atoms with Gasteiger partial charge in [0, 0.05) is 11.4 Å². The number of aryl methyl sites for hydroxylation is 1. The molecule has 2 atom stereocenters. The summed E-state index contributed by atoms with van der Waals surface area (Å²) in [5.41, 5.74) is 3.54. The molecule has 2 aliphatic rings. The summed E-state index contributed by atoms with van der Waals surface area (Å²) >= 11 is 0. The monoisotopic (exact) mass is 452 g/mol. The second kappa shape index (κ2) is 9.19. The van der Waals surface area contributed by atoms with E-state index in [-0.39, 0.29) is 18.2 Å². The molecule has 3 aromatic carbocycles. The number of carbonyl (C=O) groups is 2. The molecule has 2 aliphatic heterocycles. The second-order valence-electron chi connectivity index (χ2n) is 8.17. The smallest absolute Gasteiger partial charge is 0.256 e. The van der Waals surface area contributed by atoms with Gasteiger partial charge in [0.2, 0.25) is 17.8 Å². The molecule has 5 rings (SSSR count). The minimum absolute atomic E-state index is 0.0579. The van der Waals surface area contributed by atoms with Crippen LogP contribution in [0.15, 0.2) is 94.9 Å². The zero-order chi connectivity index (χ0) is 23.5. The van der Waals surface area contributed by atoms with Gasteiger partial charge in [-0.15, -0.1) is 0 Å². The molecule has 34 heavy (non-hydrogen) atoms. The maximum atomic E-state index is 13.3. The van der Waals surface area contributed by atoms with Gasteiger partial charge in [0.05, 0.1) is 6.42 Å². The summed E-state index contributed by atoms with van der Waals surface area (Å²) in [5.74, 6) is 0.317. The van der Waals surface area contributed by atoms with Crippen LogP contribution in [0, 0.1) is 6.92 Å². The molecule has 0 saturated carbocycles. The van der Waals surface area contributed by atoms with Gasteiger partial charge < -0.3 is 10.6 Å². The van der Waals surface area contributed by atoms with Crippen LogP contribution in [-0.4, -0.2) is 34.7 Å². The molecule has 8 heteroatoms. The van der Waals surface area contributed by atoms with Crippen LogP contribution in [0.2, 0.25) is 0 Å². The number of carbonyl (C=O) groups excluding carboxylic acids is 2. The molecule has 0 unspecified atom stereocenters. The van der Waals surface area contributed by atoms with E-state index in [4.69, 9.17) is 4.99 Å². The van der Waals surface area contributed by atoms with Gasteiger partial charge in [0.15, 0.2) is 6.17 Å². The van der Waals surface area contributed by atoms with Gasteiger partial charge in [-0.2, -0.15) is 0 Å². The predicted octanol–water partition coefficient (Wildman–Crippen LogP) is 3.66. The number of guanidine groups is 2. The summed E-state index contributed by atoms with van der Waals surface area (Å²) in [5, 5.41) is 9.21. The molecule has 3 aromatic rings. The molecule has 0 aliphatic carbocycles. The van der Waals surface area contributed by atoms with Crippen LogP contribution in [0.5, 0.6) is 0 Å². The first kappa shape index (κ1) is 21.4. The van der Waals surface area contributed by atoms with Crippen molar-refractivity contribution in [2.45, 2.75) is 25.6 Å². The first-order chi connectivity index (χ1) is 16.6. The highest BCUT2D eigenvalue weighted by Gasteiger charge is 2.43. The van der Waals surface area contributed by atoms with E-state index in [9.17, 15) is 9.59 Å². The van der Waals surface area contributed by atoms with Crippen LogP contribution in [0.25, 0.3) is 0 Å². The number of benzene rings is 3. The van der Waals surface area contributed by atoms with Gasteiger partial charge in [-0.25, -0.2) is 9.98 Å². The van der Waals surface area contributed by atoms with Gasteiger partial charge in [-0.05, 0) is 36.8 Å². The van der Waals surface area contributed by atoms with Crippen molar-refractivity contribution in [3.8, 4) is 0 Å². The predicted molar refractivity (Wildman–Crippen MR) is 132 cm³/mol. The first-order valence-electron chi connectivity index (χ1n) is 11.1.